The minimum absolute atomic E-state index is 0.207. The summed E-state index contributed by atoms with van der Waals surface area (Å²) in [5.41, 5.74) is 2.09. The highest BCUT2D eigenvalue weighted by Gasteiger charge is 2.02. The number of pyridine rings is 1. The van der Waals surface area contributed by atoms with Gasteiger partial charge in [0.05, 0.1) is 7.11 Å². The van der Waals surface area contributed by atoms with E-state index in [-0.39, 0.29) is 5.78 Å². The molecule has 1 aromatic heterocycles. The van der Waals surface area contributed by atoms with E-state index >= 15 is 0 Å². The number of hydrogen-bond donors (Lipinski definition) is 0. The fourth-order valence-corrected chi connectivity index (χ4v) is 1.29. The Morgan fingerprint density at radius 3 is 2.79 bits per heavy atom. The van der Waals surface area contributed by atoms with Crippen LogP contribution >= 0.6 is 0 Å². The summed E-state index contributed by atoms with van der Waals surface area (Å²) in [4.78, 5) is 14.9. The largest absolute Gasteiger partial charge is 0.481 e. The van der Waals surface area contributed by atoms with E-state index in [4.69, 9.17) is 4.74 Å². The number of hydrogen-bond acceptors (Lipinski definition) is 3. The Balaban J connectivity index is 2.71. The van der Waals surface area contributed by atoms with Crippen molar-refractivity contribution in [1.82, 2.24) is 4.98 Å². The van der Waals surface area contributed by atoms with E-state index in [1.54, 1.807) is 20.2 Å². The first-order valence-corrected chi connectivity index (χ1v) is 4.62. The van der Waals surface area contributed by atoms with E-state index in [1.807, 2.05) is 13.0 Å². The first-order valence-electron chi connectivity index (χ1n) is 4.62. The van der Waals surface area contributed by atoms with Gasteiger partial charge in [-0.3, -0.25) is 0 Å². The SMILES string of the molecule is COc1ncc(CCC(C)=O)cc1C. The summed E-state index contributed by atoms with van der Waals surface area (Å²) in [6.45, 7) is 3.55. The number of ketones is 1. The molecule has 0 aliphatic carbocycles. The number of aromatic nitrogens is 1. The van der Waals surface area contributed by atoms with Crippen LogP contribution in [0.2, 0.25) is 0 Å². The van der Waals surface area contributed by atoms with Crippen molar-refractivity contribution in [3.8, 4) is 5.88 Å². The van der Waals surface area contributed by atoms with Gasteiger partial charge in [0.15, 0.2) is 0 Å². The van der Waals surface area contributed by atoms with E-state index in [0.717, 1.165) is 17.5 Å². The number of ether oxygens (including phenoxy) is 1. The third-order valence-electron chi connectivity index (χ3n) is 2.05. The molecule has 0 saturated carbocycles. The van der Waals surface area contributed by atoms with Gasteiger partial charge in [0.25, 0.3) is 0 Å². The van der Waals surface area contributed by atoms with Crippen LogP contribution in [0.4, 0.5) is 0 Å². The Bertz CT molecular complexity index is 334. The van der Waals surface area contributed by atoms with E-state index in [1.165, 1.54) is 0 Å². The molecule has 0 amide bonds. The van der Waals surface area contributed by atoms with Crippen LogP contribution in [0, 0.1) is 6.92 Å². The van der Waals surface area contributed by atoms with Crippen molar-refractivity contribution in [2.75, 3.05) is 7.11 Å². The van der Waals surface area contributed by atoms with Crippen molar-refractivity contribution in [3.05, 3.63) is 23.4 Å². The van der Waals surface area contributed by atoms with Gasteiger partial charge in [-0.25, -0.2) is 4.98 Å². The van der Waals surface area contributed by atoms with Gasteiger partial charge in [-0.15, -0.1) is 0 Å². The van der Waals surface area contributed by atoms with E-state index in [2.05, 4.69) is 4.98 Å². The van der Waals surface area contributed by atoms with Crippen LogP contribution in [0.3, 0.4) is 0 Å². The highest BCUT2D eigenvalue weighted by Crippen LogP contribution is 2.15. The summed E-state index contributed by atoms with van der Waals surface area (Å²) in [5.74, 6) is 0.857. The summed E-state index contributed by atoms with van der Waals surface area (Å²) >= 11 is 0. The average Bonchev–Trinajstić information content (AvgIpc) is 2.15. The topological polar surface area (TPSA) is 39.2 Å². The fourth-order valence-electron chi connectivity index (χ4n) is 1.29. The summed E-state index contributed by atoms with van der Waals surface area (Å²) in [6.07, 6.45) is 3.09. The van der Waals surface area contributed by atoms with Crippen LogP contribution in [0.1, 0.15) is 24.5 Å². The zero-order chi connectivity index (χ0) is 10.6. The predicted molar refractivity (Wildman–Crippen MR) is 54.5 cm³/mol. The van der Waals surface area contributed by atoms with Gasteiger partial charge in [0, 0.05) is 18.2 Å². The molecule has 0 atom stereocenters. The van der Waals surface area contributed by atoms with E-state index in [0.29, 0.717) is 12.3 Å². The maximum absolute atomic E-state index is 10.8. The number of aryl methyl sites for hydroxylation is 2. The van der Waals surface area contributed by atoms with Crippen LogP contribution in [0.5, 0.6) is 5.88 Å². The molecular weight excluding hydrogens is 178 g/mol. The molecule has 0 aliphatic heterocycles. The van der Waals surface area contributed by atoms with Crippen molar-refractivity contribution >= 4 is 5.78 Å². The van der Waals surface area contributed by atoms with Crippen molar-refractivity contribution in [3.63, 3.8) is 0 Å². The van der Waals surface area contributed by atoms with Crippen LogP contribution in [0.15, 0.2) is 12.3 Å². The van der Waals surface area contributed by atoms with Crippen molar-refractivity contribution in [2.24, 2.45) is 0 Å². The Morgan fingerprint density at radius 2 is 2.29 bits per heavy atom. The molecule has 0 aliphatic rings. The van der Waals surface area contributed by atoms with Crippen LogP contribution < -0.4 is 4.74 Å². The number of carbonyl (C=O) groups excluding carboxylic acids is 1. The minimum Gasteiger partial charge on any atom is -0.481 e. The predicted octanol–water partition coefficient (Wildman–Crippen LogP) is 1.92. The molecule has 0 radical (unpaired) electrons. The van der Waals surface area contributed by atoms with Crippen molar-refractivity contribution in [2.45, 2.75) is 26.7 Å². The van der Waals surface area contributed by atoms with E-state index < -0.39 is 0 Å². The van der Waals surface area contributed by atoms with Crippen LogP contribution in [-0.4, -0.2) is 17.9 Å². The Kier molecular flexibility index (Phi) is 3.63. The van der Waals surface area contributed by atoms with Gasteiger partial charge in [-0.05, 0) is 31.9 Å². The number of Topliss-reactive ketones (excluding diaryl/α,β-unsaturated/α-hetero) is 1. The lowest BCUT2D eigenvalue weighted by Gasteiger charge is -2.05. The molecule has 0 N–H and O–H groups in total. The van der Waals surface area contributed by atoms with Crippen LogP contribution in [0.25, 0.3) is 0 Å². The second-order valence-corrected chi connectivity index (χ2v) is 3.37. The molecule has 3 heteroatoms. The molecule has 0 saturated heterocycles. The quantitative estimate of drug-likeness (QED) is 0.733. The number of carbonyl (C=O) groups is 1. The summed E-state index contributed by atoms with van der Waals surface area (Å²) in [6, 6.07) is 2.01. The molecule has 0 aromatic carbocycles. The lowest BCUT2D eigenvalue weighted by atomic mass is 10.1. The zero-order valence-corrected chi connectivity index (χ0v) is 8.83. The van der Waals surface area contributed by atoms with Gasteiger partial charge < -0.3 is 9.53 Å². The van der Waals surface area contributed by atoms with Gasteiger partial charge in [-0.2, -0.15) is 0 Å². The third-order valence-corrected chi connectivity index (χ3v) is 2.05. The molecule has 0 bridgehead atoms. The Labute approximate surface area is 84.1 Å². The number of nitrogens with zero attached hydrogens (tertiary/aromatic N) is 1. The lowest BCUT2D eigenvalue weighted by Crippen LogP contribution is -1.97. The standard InChI is InChI=1S/C11H15NO2/c1-8-6-10(5-4-9(2)13)7-12-11(8)14-3/h6-7H,4-5H2,1-3H3. The summed E-state index contributed by atoms with van der Waals surface area (Å²) < 4.78 is 5.05. The van der Waals surface area contributed by atoms with Gasteiger partial charge in [0.1, 0.15) is 5.78 Å². The van der Waals surface area contributed by atoms with Crippen molar-refractivity contribution in [1.29, 1.82) is 0 Å². The maximum atomic E-state index is 10.8. The average molecular weight is 193 g/mol. The molecule has 1 aromatic rings. The smallest absolute Gasteiger partial charge is 0.215 e. The Hall–Kier alpha value is -1.38. The summed E-state index contributed by atoms with van der Waals surface area (Å²) in [5, 5.41) is 0. The molecule has 14 heavy (non-hydrogen) atoms. The molecule has 0 fully saturated rings. The second kappa shape index (κ2) is 4.74. The zero-order valence-electron chi connectivity index (χ0n) is 8.83. The highest BCUT2D eigenvalue weighted by molar-refractivity contribution is 5.75. The number of methoxy groups -OCH3 is 1. The van der Waals surface area contributed by atoms with Crippen LogP contribution in [-0.2, 0) is 11.2 Å². The molecule has 0 unspecified atom stereocenters. The highest BCUT2D eigenvalue weighted by atomic mass is 16.5. The first-order chi connectivity index (χ1) is 6.63. The summed E-state index contributed by atoms with van der Waals surface area (Å²) in [7, 11) is 1.60. The molecule has 1 heterocycles. The van der Waals surface area contributed by atoms with Gasteiger partial charge in [-0.1, -0.05) is 0 Å². The molecule has 0 spiro atoms. The normalized spacial score (nSPS) is 9.93. The van der Waals surface area contributed by atoms with Gasteiger partial charge in [0.2, 0.25) is 5.88 Å². The minimum atomic E-state index is 0.207. The molecule has 76 valence electrons. The van der Waals surface area contributed by atoms with E-state index in [9.17, 15) is 4.79 Å². The lowest BCUT2D eigenvalue weighted by molar-refractivity contribution is -0.116. The number of rotatable bonds is 4. The first kappa shape index (κ1) is 10.7. The third kappa shape index (κ3) is 2.83. The maximum Gasteiger partial charge on any atom is 0.215 e. The molecule has 1 rings (SSSR count). The fraction of sp³-hybridized carbons (Fsp3) is 0.455. The van der Waals surface area contributed by atoms with Crippen molar-refractivity contribution < 1.29 is 9.53 Å². The van der Waals surface area contributed by atoms with Gasteiger partial charge >= 0.3 is 0 Å². The molecule has 3 nitrogen and oxygen atoms in total. The second-order valence-electron chi connectivity index (χ2n) is 3.37. The Morgan fingerprint density at radius 1 is 1.57 bits per heavy atom. The monoisotopic (exact) mass is 193 g/mol. The molecular formula is C11H15NO2.